The van der Waals surface area contributed by atoms with Gasteiger partial charge in [-0.2, -0.15) is 0 Å². The molecule has 2 nitrogen and oxygen atoms in total. The summed E-state index contributed by atoms with van der Waals surface area (Å²) in [5.74, 6) is 1.82. The van der Waals surface area contributed by atoms with E-state index in [1.54, 1.807) is 0 Å². The summed E-state index contributed by atoms with van der Waals surface area (Å²) < 4.78 is 5.54. The number of nitrogens with two attached hydrogens (primary N) is 1. The molecule has 0 saturated heterocycles. The van der Waals surface area contributed by atoms with Crippen molar-refractivity contribution < 1.29 is 4.74 Å². The van der Waals surface area contributed by atoms with Gasteiger partial charge >= 0.3 is 0 Å². The van der Waals surface area contributed by atoms with E-state index in [1.807, 2.05) is 0 Å². The zero-order valence-electron chi connectivity index (χ0n) is 9.61. The lowest BCUT2D eigenvalue weighted by Crippen LogP contribution is -2.25. The zero-order chi connectivity index (χ0) is 11.0. The van der Waals surface area contributed by atoms with E-state index in [0.717, 1.165) is 24.7 Å². The standard InChI is InChI=1S/C14H19NO/c15-13-4-1-10(2-5-13)11-3-6-14-12(9-11)7-8-16-14/h3,6,9-10,13H,1-2,4-5,7-8,15H2. The molecular formula is C14H19NO. The molecule has 0 bridgehead atoms. The lowest BCUT2D eigenvalue weighted by atomic mass is 9.81. The van der Waals surface area contributed by atoms with E-state index < -0.39 is 0 Å². The Balaban J connectivity index is 1.79. The van der Waals surface area contributed by atoms with Crippen LogP contribution in [0.25, 0.3) is 0 Å². The van der Waals surface area contributed by atoms with E-state index in [1.165, 1.54) is 36.8 Å². The van der Waals surface area contributed by atoms with Gasteiger partial charge in [0.05, 0.1) is 6.61 Å². The number of hydrogen-bond acceptors (Lipinski definition) is 2. The normalized spacial score (nSPS) is 28.6. The van der Waals surface area contributed by atoms with Crippen LogP contribution >= 0.6 is 0 Å². The lowest BCUT2D eigenvalue weighted by molar-refractivity contribution is 0.356. The summed E-state index contributed by atoms with van der Waals surface area (Å²) in [4.78, 5) is 0. The van der Waals surface area contributed by atoms with Gasteiger partial charge in [0.1, 0.15) is 5.75 Å². The third-order valence-electron chi connectivity index (χ3n) is 3.96. The zero-order valence-corrected chi connectivity index (χ0v) is 9.61. The van der Waals surface area contributed by atoms with Gasteiger partial charge in [0.2, 0.25) is 0 Å². The van der Waals surface area contributed by atoms with Crippen LogP contribution in [0.15, 0.2) is 18.2 Å². The Morgan fingerprint density at radius 1 is 1.12 bits per heavy atom. The Kier molecular flexibility index (Phi) is 2.60. The summed E-state index contributed by atoms with van der Waals surface area (Å²) in [6, 6.07) is 7.18. The van der Waals surface area contributed by atoms with E-state index in [2.05, 4.69) is 18.2 Å². The fourth-order valence-corrected chi connectivity index (χ4v) is 2.91. The van der Waals surface area contributed by atoms with Gasteiger partial charge in [-0.05, 0) is 48.8 Å². The van der Waals surface area contributed by atoms with Crippen molar-refractivity contribution in [3.05, 3.63) is 29.3 Å². The van der Waals surface area contributed by atoms with Crippen LogP contribution in [0.1, 0.15) is 42.7 Å². The minimum absolute atomic E-state index is 0.439. The van der Waals surface area contributed by atoms with Crippen LogP contribution in [0.3, 0.4) is 0 Å². The molecule has 16 heavy (non-hydrogen) atoms. The largest absolute Gasteiger partial charge is 0.493 e. The van der Waals surface area contributed by atoms with Gasteiger partial charge < -0.3 is 10.5 Å². The Hall–Kier alpha value is -1.02. The van der Waals surface area contributed by atoms with Gasteiger partial charge in [-0.15, -0.1) is 0 Å². The predicted octanol–water partition coefficient (Wildman–Crippen LogP) is 2.61. The molecule has 1 aromatic carbocycles. The number of fused-ring (bicyclic) bond motifs is 1. The number of hydrogen-bond donors (Lipinski definition) is 1. The summed E-state index contributed by atoms with van der Waals surface area (Å²) in [5.41, 5.74) is 8.84. The maximum Gasteiger partial charge on any atom is 0.122 e. The third-order valence-corrected chi connectivity index (χ3v) is 3.96. The van der Waals surface area contributed by atoms with Crippen LogP contribution in [-0.2, 0) is 6.42 Å². The highest BCUT2D eigenvalue weighted by Crippen LogP contribution is 2.35. The molecule has 2 heteroatoms. The van der Waals surface area contributed by atoms with Gasteiger partial charge in [-0.25, -0.2) is 0 Å². The SMILES string of the molecule is NC1CCC(c2ccc3c(c2)CCO3)CC1. The summed E-state index contributed by atoms with van der Waals surface area (Å²) in [7, 11) is 0. The molecule has 1 heterocycles. The molecule has 2 aliphatic rings. The topological polar surface area (TPSA) is 35.2 Å². The second-order valence-electron chi connectivity index (χ2n) is 5.08. The summed E-state index contributed by atoms with van der Waals surface area (Å²) in [6.07, 6.45) is 5.94. The first-order valence-corrected chi connectivity index (χ1v) is 6.34. The quantitative estimate of drug-likeness (QED) is 0.784. The van der Waals surface area contributed by atoms with Crippen LogP contribution in [0.2, 0.25) is 0 Å². The molecule has 0 amide bonds. The van der Waals surface area contributed by atoms with E-state index >= 15 is 0 Å². The van der Waals surface area contributed by atoms with E-state index in [-0.39, 0.29) is 0 Å². The predicted molar refractivity (Wildman–Crippen MR) is 64.8 cm³/mol. The first-order valence-electron chi connectivity index (χ1n) is 6.34. The van der Waals surface area contributed by atoms with Crippen molar-refractivity contribution in [3.63, 3.8) is 0 Å². The Labute approximate surface area is 96.8 Å². The molecule has 0 unspecified atom stereocenters. The molecule has 3 rings (SSSR count). The molecule has 0 spiro atoms. The van der Waals surface area contributed by atoms with Crippen molar-refractivity contribution in [1.82, 2.24) is 0 Å². The first kappa shape index (κ1) is 10.2. The molecule has 1 aliphatic carbocycles. The summed E-state index contributed by atoms with van der Waals surface area (Å²) in [6.45, 7) is 0.855. The van der Waals surface area contributed by atoms with Crippen LogP contribution in [0, 0.1) is 0 Å². The molecule has 0 aromatic heterocycles. The average Bonchev–Trinajstić information content (AvgIpc) is 2.77. The Morgan fingerprint density at radius 3 is 2.75 bits per heavy atom. The molecule has 1 aliphatic heterocycles. The highest BCUT2D eigenvalue weighted by molar-refractivity contribution is 5.41. The lowest BCUT2D eigenvalue weighted by Gasteiger charge is -2.26. The van der Waals surface area contributed by atoms with Gasteiger partial charge in [0, 0.05) is 12.5 Å². The van der Waals surface area contributed by atoms with Crippen molar-refractivity contribution in [1.29, 1.82) is 0 Å². The molecule has 0 radical (unpaired) electrons. The fourth-order valence-electron chi connectivity index (χ4n) is 2.91. The Morgan fingerprint density at radius 2 is 1.94 bits per heavy atom. The molecule has 1 fully saturated rings. The second-order valence-corrected chi connectivity index (χ2v) is 5.08. The maximum atomic E-state index is 5.95. The minimum atomic E-state index is 0.439. The molecule has 1 aromatic rings. The minimum Gasteiger partial charge on any atom is -0.493 e. The third kappa shape index (κ3) is 1.82. The molecule has 86 valence electrons. The average molecular weight is 217 g/mol. The maximum absolute atomic E-state index is 5.95. The molecule has 1 saturated carbocycles. The van der Waals surface area contributed by atoms with E-state index in [9.17, 15) is 0 Å². The number of benzene rings is 1. The van der Waals surface area contributed by atoms with Crippen molar-refractivity contribution in [2.75, 3.05) is 6.61 Å². The highest BCUT2D eigenvalue weighted by Gasteiger charge is 2.21. The van der Waals surface area contributed by atoms with Crippen molar-refractivity contribution in [2.24, 2.45) is 5.73 Å². The van der Waals surface area contributed by atoms with Gasteiger partial charge in [0.15, 0.2) is 0 Å². The smallest absolute Gasteiger partial charge is 0.122 e. The molecular weight excluding hydrogens is 198 g/mol. The van der Waals surface area contributed by atoms with Crippen molar-refractivity contribution in [3.8, 4) is 5.75 Å². The van der Waals surface area contributed by atoms with Gasteiger partial charge in [0.25, 0.3) is 0 Å². The summed E-state index contributed by atoms with van der Waals surface area (Å²) in [5, 5.41) is 0. The van der Waals surface area contributed by atoms with Gasteiger partial charge in [-0.1, -0.05) is 12.1 Å². The molecule has 0 atom stereocenters. The number of ether oxygens (including phenoxy) is 1. The van der Waals surface area contributed by atoms with Gasteiger partial charge in [-0.3, -0.25) is 0 Å². The highest BCUT2D eigenvalue weighted by atomic mass is 16.5. The monoisotopic (exact) mass is 217 g/mol. The number of rotatable bonds is 1. The van der Waals surface area contributed by atoms with Crippen molar-refractivity contribution in [2.45, 2.75) is 44.1 Å². The first-order chi connectivity index (χ1) is 7.83. The van der Waals surface area contributed by atoms with E-state index in [0.29, 0.717) is 6.04 Å². The van der Waals surface area contributed by atoms with Crippen LogP contribution in [0.4, 0.5) is 0 Å². The van der Waals surface area contributed by atoms with Crippen LogP contribution in [0.5, 0.6) is 5.75 Å². The molecule has 2 N–H and O–H groups in total. The van der Waals surface area contributed by atoms with Crippen molar-refractivity contribution >= 4 is 0 Å². The fraction of sp³-hybridized carbons (Fsp3) is 0.571. The second kappa shape index (κ2) is 4.10. The Bertz CT molecular complexity index is 380. The van der Waals surface area contributed by atoms with E-state index in [4.69, 9.17) is 10.5 Å². The summed E-state index contributed by atoms with van der Waals surface area (Å²) >= 11 is 0. The van der Waals surface area contributed by atoms with Crippen LogP contribution < -0.4 is 10.5 Å². The van der Waals surface area contributed by atoms with Crippen LogP contribution in [-0.4, -0.2) is 12.6 Å².